The molecule has 0 nitrogen and oxygen atoms in total. The van der Waals surface area contributed by atoms with E-state index in [1.54, 1.807) is 25.7 Å². The molecule has 74 valence electrons. The maximum atomic E-state index is 1.65. The number of fused-ring (bicyclic) bond motifs is 2. The summed E-state index contributed by atoms with van der Waals surface area (Å²) < 4.78 is 0. The highest BCUT2D eigenvalue weighted by Gasteiger charge is 2.81. The van der Waals surface area contributed by atoms with Crippen LogP contribution in [0.4, 0.5) is 0 Å². The summed E-state index contributed by atoms with van der Waals surface area (Å²) in [6.45, 7) is 0. The highest BCUT2D eigenvalue weighted by atomic mass is 14.9. The fraction of sp³-hybridized carbons (Fsp3) is 1.00. The van der Waals surface area contributed by atoms with E-state index >= 15 is 0 Å². The Morgan fingerprint density at radius 1 is 0.357 bits per heavy atom. The first kappa shape index (κ1) is 6.55. The molecule has 0 aromatic carbocycles. The standard InChI is InChI=1S/C14H18/c1-2-6-10-8-4-3-7-9(10)5(1)11-12(6)14(8)13(7)11/h5-14H,1-4H2/t5-,6+,7+,8-,9?,10?,11?,12?,13?,14?. The van der Waals surface area contributed by atoms with Crippen molar-refractivity contribution in [1.82, 2.24) is 0 Å². The van der Waals surface area contributed by atoms with Crippen molar-refractivity contribution in [2.24, 2.45) is 59.2 Å². The van der Waals surface area contributed by atoms with Crippen molar-refractivity contribution in [3.8, 4) is 0 Å². The molecule has 0 heterocycles. The van der Waals surface area contributed by atoms with Crippen LogP contribution in [0.2, 0.25) is 0 Å². The van der Waals surface area contributed by atoms with E-state index in [1.807, 2.05) is 0 Å². The molecule has 2 unspecified atom stereocenters. The van der Waals surface area contributed by atoms with Crippen LogP contribution in [0.1, 0.15) is 25.7 Å². The van der Waals surface area contributed by atoms with Crippen LogP contribution in [0.5, 0.6) is 0 Å². The minimum absolute atomic E-state index is 1.26. The van der Waals surface area contributed by atoms with Gasteiger partial charge in [0, 0.05) is 0 Å². The summed E-state index contributed by atoms with van der Waals surface area (Å²) in [5.74, 6) is 12.7. The third-order valence-corrected chi connectivity index (χ3v) is 7.84. The van der Waals surface area contributed by atoms with Gasteiger partial charge in [-0.15, -0.1) is 0 Å². The van der Waals surface area contributed by atoms with E-state index in [0.717, 1.165) is 0 Å². The van der Waals surface area contributed by atoms with Gasteiger partial charge >= 0.3 is 0 Å². The first-order chi connectivity index (χ1) is 6.97. The van der Waals surface area contributed by atoms with Crippen LogP contribution in [0.15, 0.2) is 0 Å². The van der Waals surface area contributed by atoms with Gasteiger partial charge in [-0.1, -0.05) is 0 Å². The van der Waals surface area contributed by atoms with Crippen LogP contribution in [0.25, 0.3) is 0 Å². The molecule has 7 aliphatic carbocycles. The summed E-state index contributed by atoms with van der Waals surface area (Å²) in [4.78, 5) is 0. The molecule has 0 spiro atoms. The molecule has 4 bridgehead atoms. The first-order valence-corrected chi connectivity index (χ1v) is 6.97. The van der Waals surface area contributed by atoms with Gasteiger partial charge in [0.2, 0.25) is 0 Å². The second-order valence-corrected chi connectivity index (χ2v) is 7.27. The van der Waals surface area contributed by atoms with Crippen molar-refractivity contribution >= 4 is 0 Å². The van der Waals surface area contributed by atoms with Crippen molar-refractivity contribution in [1.29, 1.82) is 0 Å². The van der Waals surface area contributed by atoms with E-state index in [-0.39, 0.29) is 0 Å². The Hall–Kier alpha value is 0. The highest BCUT2D eigenvalue weighted by molar-refractivity contribution is 5.28. The van der Waals surface area contributed by atoms with Gasteiger partial charge in [-0.05, 0) is 84.9 Å². The molecule has 0 aromatic heterocycles. The SMILES string of the molecule is C1C[C@H]2C3C4C5C3[C@H]3CC[C@@H]5C(C32)[C@H]14. The van der Waals surface area contributed by atoms with Crippen LogP contribution >= 0.6 is 0 Å². The van der Waals surface area contributed by atoms with Crippen molar-refractivity contribution < 1.29 is 0 Å². The Labute approximate surface area is 85.4 Å². The average Bonchev–Trinajstić information content (AvgIpc) is 2.57. The lowest BCUT2D eigenvalue weighted by Crippen LogP contribution is -2.52. The van der Waals surface area contributed by atoms with E-state index in [9.17, 15) is 0 Å². The monoisotopic (exact) mass is 186 g/mol. The van der Waals surface area contributed by atoms with Crippen LogP contribution in [-0.2, 0) is 0 Å². The molecular formula is C14H18. The second kappa shape index (κ2) is 1.62. The minimum atomic E-state index is 1.26. The van der Waals surface area contributed by atoms with Crippen LogP contribution in [0, 0.1) is 59.2 Å². The smallest absolute Gasteiger partial charge is 0.0315 e. The van der Waals surface area contributed by atoms with Gasteiger partial charge < -0.3 is 0 Å². The predicted molar refractivity (Wildman–Crippen MR) is 53.4 cm³/mol. The largest absolute Gasteiger partial charge is 0.0496 e. The molecule has 0 amide bonds. The van der Waals surface area contributed by atoms with E-state index in [1.165, 1.54) is 59.2 Å². The van der Waals surface area contributed by atoms with Crippen molar-refractivity contribution in [3.63, 3.8) is 0 Å². The molecule has 7 fully saturated rings. The third kappa shape index (κ3) is 0.378. The summed E-state index contributed by atoms with van der Waals surface area (Å²) in [6.07, 6.45) is 6.61. The molecule has 0 saturated heterocycles. The lowest BCUT2D eigenvalue weighted by molar-refractivity contribution is -0.0918. The summed E-state index contributed by atoms with van der Waals surface area (Å²) in [7, 11) is 0. The van der Waals surface area contributed by atoms with Crippen molar-refractivity contribution in [2.75, 3.05) is 0 Å². The zero-order chi connectivity index (χ0) is 8.60. The maximum Gasteiger partial charge on any atom is -0.0315 e. The second-order valence-electron chi connectivity index (χ2n) is 7.27. The van der Waals surface area contributed by atoms with Gasteiger partial charge in [-0.3, -0.25) is 0 Å². The number of rotatable bonds is 0. The molecule has 0 heteroatoms. The molecule has 0 N–H and O–H groups in total. The highest BCUT2D eigenvalue weighted by Crippen LogP contribution is 2.86. The average molecular weight is 186 g/mol. The third-order valence-electron chi connectivity index (χ3n) is 7.84. The molecule has 6 atom stereocenters. The zero-order valence-electron chi connectivity index (χ0n) is 8.60. The molecule has 0 aliphatic heterocycles. The van der Waals surface area contributed by atoms with Gasteiger partial charge in [0.25, 0.3) is 0 Å². The summed E-state index contributed by atoms with van der Waals surface area (Å²) >= 11 is 0. The lowest BCUT2D eigenvalue weighted by Gasteiger charge is -2.56. The van der Waals surface area contributed by atoms with Crippen LogP contribution in [-0.4, -0.2) is 0 Å². The summed E-state index contributed by atoms with van der Waals surface area (Å²) in [6, 6.07) is 0. The molecule has 0 radical (unpaired) electrons. The maximum absolute atomic E-state index is 1.65. The van der Waals surface area contributed by atoms with Gasteiger partial charge in [0.05, 0.1) is 0 Å². The molecule has 7 aliphatic rings. The van der Waals surface area contributed by atoms with Crippen molar-refractivity contribution in [2.45, 2.75) is 25.7 Å². The molecular weight excluding hydrogens is 168 g/mol. The Morgan fingerprint density at radius 2 is 0.643 bits per heavy atom. The molecule has 14 heavy (non-hydrogen) atoms. The van der Waals surface area contributed by atoms with Crippen LogP contribution < -0.4 is 0 Å². The number of hydrogen-bond donors (Lipinski definition) is 0. The molecule has 7 saturated carbocycles. The van der Waals surface area contributed by atoms with E-state index < -0.39 is 0 Å². The van der Waals surface area contributed by atoms with Crippen molar-refractivity contribution in [3.05, 3.63) is 0 Å². The Bertz CT molecular complexity index is 261. The van der Waals surface area contributed by atoms with E-state index in [2.05, 4.69) is 0 Å². The van der Waals surface area contributed by atoms with Gasteiger partial charge in [0.1, 0.15) is 0 Å². The van der Waals surface area contributed by atoms with E-state index in [4.69, 9.17) is 0 Å². The Morgan fingerprint density at radius 3 is 0.929 bits per heavy atom. The minimum Gasteiger partial charge on any atom is -0.0496 e. The van der Waals surface area contributed by atoms with Gasteiger partial charge in [-0.25, -0.2) is 0 Å². The van der Waals surface area contributed by atoms with Crippen LogP contribution in [0.3, 0.4) is 0 Å². The Balaban J connectivity index is 1.72. The van der Waals surface area contributed by atoms with Gasteiger partial charge in [-0.2, -0.15) is 0 Å². The fourth-order valence-electron chi connectivity index (χ4n) is 8.28. The summed E-state index contributed by atoms with van der Waals surface area (Å²) in [5.41, 5.74) is 0. The Kier molecular flexibility index (Phi) is 0.758. The lowest BCUT2D eigenvalue weighted by atomic mass is 9.48. The summed E-state index contributed by atoms with van der Waals surface area (Å²) in [5, 5.41) is 0. The molecule has 0 aromatic rings. The number of hydrogen-bond acceptors (Lipinski definition) is 0. The van der Waals surface area contributed by atoms with Gasteiger partial charge in [0.15, 0.2) is 0 Å². The molecule has 7 rings (SSSR count). The quantitative estimate of drug-likeness (QED) is 0.545. The zero-order valence-corrected chi connectivity index (χ0v) is 8.60. The van der Waals surface area contributed by atoms with E-state index in [0.29, 0.717) is 0 Å². The first-order valence-electron chi connectivity index (χ1n) is 6.97. The predicted octanol–water partition coefficient (Wildman–Crippen LogP) is 2.79. The fourth-order valence-corrected chi connectivity index (χ4v) is 8.28. The normalized spacial score (nSPS) is 84.0. The topological polar surface area (TPSA) is 0 Å².